The van der Waals surface area contributed by atoms with E-state index >= 15 is 0 Å². The SMILES string of the molecule is CC(C)Cc1ccc(Nc2cc(NC#N)ncn2)cc1. The Morgan fingerprint density at radius 2 is 1.85 bits per heavy atom. The van der Waals surface area contributed by atoms with Crippen molar-refractivity contribution in [3.8, 4) is 6.19 Å². The average molecular weight is 267 g/mol. The van der Waals surface area contributed by atoms with E-state index in [0.717, 1.165) is 12.1 Å². The molecule has 1 aromatic carbocycles. The van der Waals surface area contributed by atoms with Crippen molar-refractivity contribution in [3.63, 3.8) is 0 Å². The van der Waals surface area contributed by atoms with Crippen molar-refractivity contribution in [3.05, 3.63) is 42.2 Å². The van der Waals surface area contributed by atoms with Gasteiger partial charge in [-0.05, 0) is 30.0 Å². The van der Waals surface area contributed by atoms with Crippen LogP contribution in [0.4, 0.5) is 17.3 Å². The third-order valence-electron chi connectivity index (χ3n) is 2.72. The molecule has 0 saturated heterocycles. The fourth-order valence-corrected chi connectivity index (χ4v) is 1.89. The van der Waals surface area contributed by atoms with Gasteiger partial charge in [0, 0.05) is 11.8 Å². The number of nitrogens with one attached hydrogen (secondary N) is 2. The van der Waals surface area contributed by atoms with Crippen LogP contribution in [0.1, 0.15) is 19.4 Å². The summed E-state index contributed by atoms with van der Waals surface area (Å²) in [6, 6.07) is 9.95. The molecule has 0 fully saturated rings. The van der Waals surface area contributed by atoms with Crippen LogP contribution in [0.25, 0.3) is 0 Å². The van der Waals surface area contributed by atoms with Crippen LogP contribution in [-0.2, 0) is 6.42 Å². The average Bonchev–Trinajstić information content (AvgIpc) is 2.41. The van der Waals surface area contributed by atoms with Crippen molar-refractivity contribution in [2.45, 2.75) is 20.3 Å². The van der Waals surface area contributed by atoms with Crippen molar-refractivity contribution in [2.24, 2.45) is 5.92 Å². The normalized spacial score (nSPS) is 10.1. The fourth-order valence-electron chi connectivity index (χ4n) is 1.89. The summed E-state index contributed by atoms with van der Waals surface area (Å²) in [5, 5.41) is 14.2. The molecule has 0 amide bonds. The molecule has 20 heavy (non-hydrogen) atoms. The summed E-state index contributed by atoms with van der Waals surface area (Å²) in [4.78, 5) is 8.05. The van der Waals surface area contributed by atoms with Gasteiger partial charge in [-0.2, -0.15) is 5.26 Å². The standard InChI is InChI=1S/C15H17N5/c1-11(2)7-12-3-5-13(6-4-12)20-15-8-14(17-9-16)18-10-19-15/h3-6,8,10-11H,7H2,1-2H3,(H2,17,18,19,20). The van der Waals surface area contributed by atoms with Crippen LogP contribution in [0, 0.1) is 17.4 Å². The zero-order valence-electron chi connectivity index (χ0n) is 11.6. The summed E-state index contributed by atoms with van der Waals surface area (Å²) >= 11 is 0. The Balaban J connectivity index is 2.06. The van der Waals surface area contributed by atoms with Gasteiger partial charge in [0.1, 0.15) is 18.0 Å². The first kappa shape index (κ1) is 13.8. The third-order valence-corrected chi connectivity index (χ3v) is 2.72. The summed E-state index contributed by atoms with van der Waals surface area (Å²) in [7, 11) is 0. The first-order chi connectivity index (χ1) is 9.67. The lowest BCUT2D eigenvalue weighted by Crippen LogP contribution is -1.98. The quantitative estimate of drug-likeness (QED) is 0.642. The van der Waals surface area contributed by atoms with Gasteiger partial charge < -0.3 is 5.32 Å². The smallest absolute Gasteiger partial charge is 0.182 e. The molecule has 2 rings (SSSR count). The van der Waals surface area contributed by atoms with Crippen molar-refractivity contribution in [1.82, 2.24) is 9.97 Å². The summed E-state index contributed by atoms with van der Waals surface area (Å²) in [6.45, 7) is 4.41. The van der Waals surface area contributed by atoms with E-state index in [2.05, 4.69) is 46.6 Å². The molecular formula is C15H17N5. The number of nitriles is 1. The van der Waals surface area contributed by atoms with Crippen LogP contribution < -0.4 is 10.6 Å². The number of aromatic nitrogens is 2. The molecule has 0 spiro atoms. The Morgan fingerprint density at radius 3 is 2.50 bits per heavy atom. The molecule has 0 aliphatic rings. The van der Waals surface area contributed by atoms with Gasteiger partial charge in [-0.15, -0.1) is 0 Å². The van der Waals surface area contributed by atoms with Gasteiger partial charge in [-0.1, -0.05) is 26.0 Å². The van der Waals surface area contributed by atoms with Crippen LogP contribution in [0.5, 0.6) is 0 Å². The zero-order chi connectivity index (χ0) is 14.4. The van der Waals surface area contributed by atoms with Crippen molar-refractivity contribution in [2.75, 3.05) is 10.6 Å². The van der Waals surface area contributed by atoms with E-state index in [1.807, 2.05) is 18.3 Å². The minimum Gasteiger partial charge on any atom is -0.340 e. The van der Waals surface area contributed by atoms with Gasteiger partial charge in [0.2, 0.25) is 0 Å². The number of rotatable bonds is 5. The Bertz CT molecular complexity index is 598. The Labute approximate surface area is 118 Å². The first-order valence-electron chi connectivity index (χ1n) is 6.50. The molecule has 102 valence electrons. The van der Waals surface area contributed by atoms with Gasteiger partial charge in [0.05, 0.1) is 0 Å². The topological polar surface area (TPSA) is 73.6 Å². The number of benzene rings is 1. The van der Waals surface area contributed by atoms with E-state index in [0.29, 0.717) is 17.6 Å². The molecule has 1 aromatic heterocycles. The van der Waals surface area contributed by atoms with Crippen molar-refractivity contribution in [1.29, 1.82) is 5.26 Å². The summed E-state index contributed by atoms with van der Waals surface area (Å²) in [6.07, 6.45) is 4.32. The summed E-state index contributed by atoms with van der Waals surface area (Å²) < 4.78 is 0. The third kappa shape index (κ3) is 3.95. The number of hydrogen-bond acceptors (Lipinski definition) is 5. The van der Waals surface area contributed by atoms with Gasteiger partial charge in [0.25, 0.3) is 0 Å². The molecule has 5 heteroatoms. The van der Waals surface area contributed by atoms with E-state index in [-0.39, 0.29) is 0 Å². The molecule has 2 N–H and O–H groups in total. The highest BCUT2D eigenvalue weighted by Crippen LogP contribution is 2.18. The minimum absolute atomic E-state index is 0.474. The zero-order valence-corrected chi connectivity index (χ0v) is 11.6. The molecule has 1 heterocycles. The maximum Gasteiger partial charge on any atom is 0.182 e. The lowest BCUT2D eigenvalue weighted by atomic mass is 10.0. The van der Waals surface area contributed by atoms with Crippen molar-refractivity contribution < 1.29 is 0 Å². The predicted molar refractivity (Wildman–Crippen MR) is 79.5 cm³/mol. The summed E-state index contributed by atoms with van der Waals surface area (Å²) in [5.41, 5.74) is 2.28. The van der Waals surface area contributed by atoms with E-state index in [9.17, 15) is 0 Å². The second-order valence-electron chi connectivity index (χ2n) is 4.95. The monoisotopic (exact) mass is 267 g/mol. The molecule has 5 nitrogen and oxygen atoms in total. The highest BCUT2D eigenvalue weighted by atomic mass is 15.1. The minimum atomic E-state index is 0.474. The Hall–Kier alpha value is -2.61. The molecule has 0 aliphatic heterocycles. The van der Waals surface area contributed by atoms with Gasteiger partial charge in [0.15, 0.2) is 6.19 Å². The lowest BCUT2D eigenvalue weighted by molar-refractivity contribution is 0.647. The maximum atomic E-state index is 8.56. The van der Waals surface area contributed by atoms with Gasteiger partial charge >= 0.3 is 0 Å². The molecule has 0 unspecified atom stereocenters. The van der Waals surface area contributed by atoms with Crippen LogP contribution in [0.15, 0.2) is 36.7 Å². The first-order valence-corrected chi connectivity index (χ1v) is 6.50. The Morgan fingerprint density at radius 1 is 1.15 bits per heavy atom. The maximum absolute atomic E-state index is 8.56. The van der Waals surface area contributed by atoms with Gasteiger partial charge in [-0.3, -0.25) is 5.32 Å². The molecule has 2 aromatic rings. The van der Waals surface area contributed by atoms with Crippen LogP contribution in [-0.4, -0.2) is 9.97 Å². The van der Waals surface area contributed by atoms with E-state index in [1.165, 1.54) is 11.9 Å². The Kier molecular flexibility index (Phi) is 4.51. The number of nitrogens with zero attached hydrogens (tertiary/aromatic N) is 3. The van der Waals surface area contributed by atoms with E-state index in [4.69, 9.17) is 5.26 Å². The molecule has 0 radical (unpaired) electrons. The van der Waals surface area contributed by atoms with Crippen LogP contribution in [0.2, 0.25) is 0 Å². The fraction of sp³-hybridized carbons (Fsp3) is 0.267. The summed E-state index contributed by atoms with van der Waals surface area (Å²) in [5.74, 6) is 1.77. The van der Waals surface area contributed by atoms with E-state index in [1.54, 1.807) is 6.07 Å². The van der Waals surface area contributed by atoms with Crippen molar-refractivity contribution >= 4 is 17.3 Å². The second-order valence-corrected chi connectivity index (χ2v) is 4.95. The number of hydrogen-bond donors (Lipinski definition) is 2. The largest absolute Gasteiger partial charge is 0.340 e. The number of anilines is 3. The predicted octanol–water partition coefficient (Wildman–Crippen LogP) is 3.31. The molecule has 0 atom stereocenters. The molecule has 0 bridgehead atoms. The molecule has 0 saturated carbocycles. The molecule has 0 aliphatic carbocycles. The highest BCUT2D eigenvalue weighted by Gasteiger charge is 2.01. The second kappa shape index (κ2) is 6.53. The van der Waals surface area contributed by atoms with Gasteiger partial charge in [-0.25, -0.2) is 9.97 Å². The highest BCUT2D eigenvalue weighted by molar-refractivity contribution is 5.59. The van der Waals surface area contributed by atoms with Crippen LogP contribution in [0.3, 0.4) is 0 Å². The molecular weight excluding hydrogens is 250 g/mol. The van der Waals surface area contributed by atoms with Crippen LogP contribution >= 0.6 is 0 Å². The van der Waals surface area contributed by atoms with E-state index < -0.39 is 0 Å². The lowest BCUT2D eigenvalue weighted by Gasteiger charge is -2.08.